The van der Waals surface area contributed by atoms with Crippen molar-refractivity contribution in [2.24, 2.45) is 7.05 Å². The van der Waals surface area contributed by atoms with Gasteiger partial charge in [0.2, 0.25) is 0 Å². The number of benzene rings is 1. The molecule has 0 bridgehead atoms. The Morgan fingerprint density at radius 3 is 2.68 bits per heavy atom. The molecule has 0 aliphatic rings. The van der Waals surface area contributed by atoms with Crippen LogP contribution in [-0.2, 0) is 7.05 Å². The average Bonchev–Trinajstić information content (AvgIpc) is 2.71. The first-order valence-corrected chi connectivity index (χ1v) is 5.67. The van der Waals surface area contributed by atoms with Gasteiger partial charge < -0.3 is 5.32 Å². The van der Waals surface area contributed by atoms with E-state index in [0.29, 0.717) is 5.56 Å². The first-order chi connectivity index (χ1) is 8.97. The van der Waals surface area contributed by atoms with Crippen molar-refractivity contribution in [2.45, 2.75) is 13.3 Å². The van der Waals surface area contributed by atoms with E-state index in [0.717, 1.165) is 5.56 Å². The van der Waals surface area contributed by atoms with E-state index in [4.69, 9.17) is 0 Å². The molecule has 1 aromatic heterocycles. The highest BCUT2D eigenvalue weighted by atomic mass is 19.3. The van der Waals surface area contributed by atoms with Gasteiger partial charge in [-0.3, -0.25) is 9.48 Å². The van der Waals surface area contributed by atoms with Gasteiger partial charge in [0.05, 0.1) is 0 Å². The lowest BCUT2D eigenvalue weighted by Gasteiger charge is -2.05. The zero-order valence-corrected chi connectivity index (χ0v) is 10.5. The first kappa shape index (κ1) is 13.2. The molecule has 0 saturated heterocycles. The summed E-state index contributed by atoms with van der Waals surface area (Å²) >= 11 is 0. The highest BCUT2D eigenvalue weighted by molar-refractivity contribution is 6.03. The SMILES string of the molecule is Cc1cccc(C(=O)Nc2cc(C(F)F)nn2C)c1. The minimum absolute atomic E-state index is 0.238. The molecule has 1 heterocycles. The van der Waals surface area contributed by atoms with Crippen molar-refractivity contribution in [3.05, 3.63) is 47.2 Å². The fourth-order valence-corrected chi connectivity index (χ4v) is 1.69. The molecule has 0 fully saturated rings. The van der Waals surface area contributed by atoms with Crippen LogP contribution in [0.5, 0.6) is 0 Å². The van der Waals surface area contributed by atoms with Gasteiger partial charge in [-0.15, -0.1) is 0 Å². The number of hydrogen-bond acceptors (Lipinski definition) is 2. The van der Waals surface area contributed by atoms with Crippen LogP contribution in [0.1, 0.15) is 28.0 Å². The molecular formula is C13H13F2N3O. The standard InChI is InChI=1S/C13H13F2N3O/c1-8-4-3-5-9(6-8)13(19)16-11-7-10(12(14)15)17-18(11)2/h3-7,12H,1-2H3,(H,16,19). The van der Waals surface area contributed by atoms with Gasteiger partial charge in [0.15, 0.2) is 0 Å². The fourth-order valence-electron chi connectivity index (χ4n) is 1.69. The lowest BCUT2D eigenvalue weighted by molar-refractivity contribution is 0.102. The molecule has 0 radical (unpaired) electrons. The number of carbonyl (C=O) groups is 1. The number of halogens is 2. The number of aromatic nitrogens is 2. The van der Waals surface area contributed by atoms with Crippen molar-refractivity contribution in [1.82, 2.24) is 9.78 Å². The van der Waals surface area contributed by atoms with Gasteiger partial charge in [-0.05, 0) is 19.1 Å². The summed E-state index contributed by atoms with van der Waals surface area (Å²) < 4.78 is 26.2. The van der Waals surface area contributed by atoms with Gasteiger partial charge in [0, 0.05) is 18.7 Å². The lowest BCUT2D eigenvalue weighted by atomic mass is 10.1. The van der Waals surface area contributed by atoms with E-state index < -0.39 is 6.43 Å². The maximum Gasteiger partial charge on any atom is 0.282 e. The molecule has 0 spiro atoms. The molecule has 0 saturated carbocycles. The van der Waals surface area contributed by atoms with Crippen molar-refractivity contribution in [2.75, 3.05) is 5.32 Å². The van der Waals surface area contributed by atoms with Gasteiger partial charge in [0.25, 0.3) is 12.3 Å². The maximum atomic E-state index is 12.5. The van der Waals surface area contributed by atoms with Crippen molar-refractivity contribution >= 4 is 11.7 Å². The highest BCUT2D eigenvalue weighted by Crippen LogP contribution is 2.20. The van der Waals surface area contributed by atoms with Crippen molar-refractivity contribution < 1.29 is 13.6 Å². The zero-order valence-electron chi connectivity index (χ0n) is 10.5. The zero-order chi connectivity index (χ0) is 14.0. The molecule has 0 unspecified atom stereocenters. The molecular weight excluding hydrogens is 252 g/mol. The summed E-state index contributed by atoms with van der Waals surface area (Å²) in [6.45, 7) is 1.87. The van der Waals surface area contributed by atoms with E-state index >= 15 is 0 Å². The molecule has 4 nitrogen and oxygen atoms in total. The van der Waals surface area contributed by atoms with E-state index in [1.807, 2.05) is 13.0 Å². The van der Waals surface area contributed by atoms with Gasteiger partial charge in [-0.25, -0.2) is 8.78 Å². The monoisotopic (exact) mass is 265 g/mol. The molecule has 1 N–H and O–H groups in total. The molecule has 0 aliphatic carbocycles. The maximum absolute atomic E-state index is 12.5. The Labute approximate surface area is 109 Å². The second-order valence-corrected chi connectivity index (χ2v) is 4.20. The van der Waals surface area contributed by atoms with E-state index in [9.17, 15) is 13.6 Å². The van der Waals surface area contributed by atoms with E-state index in [-0.39, 0.29) is 17.4 Å². The van der Waals surface area contributed by atoms with Crippen LogP contribution >= 0.6 is 0 Å². The summed E-state index contributed by atoms with van der Waals surface area (Å²) in [5, 5.41) is 6.18. The van der Waals surface area contributed by atoms with Crippen LogP contribution in [0.2, 0.25) is 0 Å². The quantitative estimate of drug-likeness (QED) is 0.927. The summed E-state index contributed by atoms with van der Waals surface area (Å²) in [6.07, 6.45) is -2.66. The summed E-state index contributed by atoms with van der Waals surface area (Å²) in [7, 11) is 1.50. The Morgan fingerprint density at radius 1 is 1.37 bits per heavy atom. The predicted molar refractivity (Wildman–Crippen MR) is 67.3 cm³/mol. The second kappa shape index (κ2) is 5.17. The van der Waals surface area contributed by atoms with Gasteiger partial charge in [0.1, 0.15) is 11.5 Å². The largest absolute Gasteiger partial charge is 0.307 e. The Hall–Kier alpha value is -2.24. The number of rotatable bonds is 3. The smallest absolute Gasteiger partial charge is 0.282 e. The number of amides is 1. The topological polar surface area (TPSA) is 46.9 Å². The van der Waals surface area contributed by atoms with E-state index in [2.05, 4.69) is 10.4 Å². The molecule has 19 heavy (non-hydrogen) atoms. The number of hydrogen-bond donors (Lipinski definition) is 1. The van der Waals surface area contributed by atoms with Crippen LogP contribution < -0.4 is 5.32 Å². The minimum Gasteiger partial charge on any atom is -0.307 e. The van der Waals surface area contributed by atoms with Crippen molar-refractivity contribution in [1.29, 1.82) is 0 Å². The lowest BCUT2D eigenvalue weighted by Crippen LogP contribution is -2.14. The number of alkyl halides is 2. The number of nitrogens with one attached hydrogen (secondary N) is 1. The van der Waals surface area contributed by atoms with Gasteiger partial charge >= 0.3 is 0 Å². The molecule has 1 amide bonds. The van der Waals surface area contributed by atoms with Crippen LogP contribution in [-0.4, -0.2) is 15.7 Å². The fraction of sp³-hybridized carbons (Fsp3) is 0.231. The van der Waals surface area contributed by atoms with E-state index in [1.165, 1.54) is 17.8 Å². The first-order valence-electron chi connectivity index (χ1n) is 5.67. The van der Waals surface area contributed by atoms with Crippen LogP contribution in [0.4, 0.5) is 14.6 Å². The van der Waals surface area contributed by atoms with Crippen LogP contribution in [0, 0.1) is 6.92 Å². The predicted octanol–water partition coefficient (Wildman–Crippen LogP) is 2.92. The third-order valence-corrected chi connectivity index (χ3v) is 2.64. The summed E-state index contributed by atoms with van der Waals surface area (Å²) in [5.41, 5.74) is 1.06. The summed E-state index contributed by atoms with van der Waals surface area (Å²) in [6, 6.07) is 8.18. The third kappa shape index (κ3) is 2.96. The second-order valence-electron chi connectivity index (χ2n) is 4.20. The summed E-state index contributed by atoms with van der Waals surface area (Å²) in [5.74, 6) is -0.116. The molecule has 0 atom stereocenters. The van der Waals surface area contributed by atoms with Gasteiger partial charge in [-0.2, -0.15) is 5.10 Å². The minimum atomic E-state index is -2.66. The number of anilines is 1. The molecule has 2 rings (SSSR count). The number of carbonyl (C=O) groups excluding carboxylic acids is 1. The third-order valence-electron chi connectivity index (χ3n) is 2.64. The highest BCUT2D eigenvalue weighted by Gasteiger charge is 2.15. The van der Waals surface area contributed by atoms with E-state index in [1.54, 1.807) is 18.2 Å². The Bertz CT molecular complexity index is 608. The molecule has 100 valence electrons. The Morgan fingerprint density at radius 2 is 2.11 bits per heavy atom. The van der Waals surface area contributed by atoms with Crippen LogP contribution in [0.15, 0.2) is 30.3 Å². The van der Waals surface area contributed by atoms with Crippen LogP contribution in [0.3, 0.4) is 0 Å². The molecule has 6 heteroatoms. The molecule has 0 aliphatic heterocycles. The Kier molecular flexibility index (Phi) is 3.59. The average molecular weight is 265 g/mol. The number of nitrogens with zero attached hydrogens (tertiary/aromatic N) is 2. The number of aryl methyl sites for hydroxylation is 2. The van der Waals surface area contributed by atoms with Gasteiger partial charge in [-0.1, -0.05) is 17.7 Å². The molecule has 1 aromatic carbocycles. The van der Waals surface area contributed by atoms with Crippen molar-refractivity contribution in [3.63, 3.8) is 0 Å². The normalized spacial score (nSPS) is 10.8. The van der Waals surface area contributed by atoms with Crippen LogP contribution in [0.25, 0.3) is 0 Å². The summed E-state index contributed by atoms with van der Waals surface area (Å²) in [4.78, 5) is 12.0. The molecule has 2 aromatic rings. The Balaban J connectivity index is 2.19. The van der Waals surface area contributed by atoms with Crippen molar-refractivity contribution in [3.8, 4) is 0 Å².